The van der Waals surface area contributed by atoms with Crippen molar-refractivity contribution >= 4 is 23.5 Å². The SMILES string of the molecule is CCO.CCO.O=C([O-])c1ccccc1C(=O)c1ccccc1.O=C([O-])c1ccccc1C(=O)c1ccccc1.[Ni+2].c1c[nH]cn1.c1c[nH]cn1. The van der Waals surface area contributed by atoms with Crippen LogP contribution in [0.25, 0.3) is 0 Å². The summed E-state index contributed by atoms with van der Waals surface area (Å²) in [6.45, 7) is 3.86. The van der Waals surface area contributed by atoms with Gasteiger partial charge in [-0.2, -0.15) is 0 Å². The maximum Gasteiger partial charge on any atom is 2.00 e. The molecular weight excluding hydrogens is 699 g/mol. The average molecular weight is 737 g/mol. The van der Waals surface area contributed by atoms with E-state index in [0.29, 0.717) is 11.1 Å². The number of carbonyl (C=O) groups excluding carboxylic acids is 4. The van der Waals surface area contributed by atoms with E-state index < -0.39 is 11.9 Å². The van der Waals surface area contributed by atoms with E-state index in [0.717, 1.165) is 0 Å². The second-order valence-corrected chi connectivity index (χ2v) is 9.21. The first kappa shape index (κ1) is 45.0. The van der Waals surface area contributed by atoms with Crippen molar-refractivity contribution in [3.63, 3.8) is 0 Å². The number of aromatic amines is 2. The van der Waals surface area contributed by atoms with Gasteiger partial charge in [-0.3, -0.25) is 9.59 Å². The minimum absolute atomic E-state index is 0. The number of aliphatic hydroxyl groups excluding tert-OH is 2. The Kier molecular flexibility index (Phi) is 24.6. The third-order valence-corrected chi connectivity index (χ3v) is 5.67. The van der Waals surface area contributed by atoms with Crippen molar-refractivity contribution in [3.8, 4) is 0 Å². The van der Waals surface area contributed by atoms with E-state index in [9.17, 15) is 29.4 Å². The van der Waals surface area contributed by atoms with Crippen LogP contribution >= 0.6 is 0 Å². The Morgan fingerprint density at radius 1 is 0.529 bits per heavy atom. The molecule has 2 heterocycles. The third kappa shape index (κ3) is 17.8. The summed E-state index contributed by atoms with van der Waals surface area (Å²) in [6, 6.07) is 29.2. The van der Waals surface area contributed by atoms with Crippen LogP contribution < -0.4 is 10.2 Å². The van der Waals surface area contributed by atoms with Crippen LogP contribution in [0.15, 0.2) is 147 Å². The third-order valence-electron chi connectivity index (χ3n) is 5.67. The first-order valence-corrected chi connectivity index (χ1v) is 15.1. The number of carboxylic acids is 2. The van der Waals surface area contributed by atoms with Gasteiger partial charge in [-0.1, -0.05) is 109 Å². The van der Waals surface area contributed by atoms with Gasteiger partial charge in [0.2, 0.25) is 0 Å². The average Bonchev–Trinajstić information content (AvgIpc) is 3.94. The molecule has 0 spiro atoms. The molecule has 0 saturated carbocycles. The zero-order valence-corrected chi connectivity index (χ0v) is 28.8. The molecule has 0 fully saturated rings. The molecule has 13 heteroatoms. The summed E-state index contributed by atoms with van der Waals surface area (Å²) < 4.78 is 0. The second kappa shape index (κ2) is 27.9. The number of nitrogens with one attached hydrogen (secondary N) is 2. The Morgan fingerprint density at radius 3 is 1.02 bits per heavy atom. The monoisotopic (exact) mass is 736 g/mol. The van der Waals surface area contributed by atoms with Crippen LogP contribution in [-0.2, 0) is 16.5 Å². The topological polar surface area (TPSA) is 212 Å². The summed E-state index contributed by atoms with van der Waals surface area (Å²) in [4.78, 5) is 58.8. The van der Waals surface area contributed by atoms with Crippen molar-refractivity contribution < 1.29 is 56.1 Å². The molecule has 2 aromatic heterocycles. The van der Waals surface area contributed by atoms with Crippen LogP contribution in [-0.4, -0.2) is 66.9 Å². The van der Waals surface area contributed by atoms with E-state index in [1.54, 1.807) is 136 Å². The van der Waals surface area contributed by atoms with Crippen molar-refractivity contribution in [2.45, 2.75) is 13.8 Å². The second-order valence-electron chi connectivity index (χ2n) is 9.21. The molecule has 6 rings (SSSR count). The molecule has 0 aliphatic heterocycles. The first-order chi connectivity index (χ1) is 24.2. The summed E-state index contributed by atoms with van der Waals surface area (Å²) in [5, 5.41) is 36.9. The zero-order valence-electron chi connectivity index (χ0n) is 27.8. The number of hydrogen-bond acceptors (Lipinski definition) is 10. The Labute approximate surface area is 305 Å². The maximum atomic E-state index is 12.1. The molecule has 0 bridgehead atoms. The van der Waals surface area contributed by atoms with Gasteiger partial charge in [0.15, 0.2) is 11.6 Å². The first-order valence-electron chi connectivity index (χ1n) is 15.1. The van der Waals surface area contributed by atoms with E-state index in [2.05, 4.69) is 19.9 Å². The van der Waals surface area contributed by atoms with Gasteiger partial charge >= 0.3 is 16.5 Å². The number of hydrogen-bond donors (Lipinski definition) is 4. The fraction of sp³-hybridized carbons (Fsp3) is 0.105. The Balaban J connectivity index is 0.000000680. The molecule has 6 aromatic rings. The molecule has 0 amide bonds. The summed E-state index contributed by atoms with van der Waals surface area (Å²) in [5.41, 5.74) is 1.06. The Hall–Kier alpha value is -6.01. The van der Waals surface area contributed by atoms with Gasteiger partial charge < -0.3 is 40.0 Å². The largest absolute Gasteiger partial charge is 2.00 e. The maximum absolute atomic E-state index is 12.1. The fourth-order valence-corrected chi connectivity index (χ4v) is 3.64. The number of aliphatic hydroxyl groups is 2. The summed E-state index contributed by atoms with van der Waals surface area (Å²) >= 11 is 0. The molecule has 0 aliphatic carbocycles. The van der Waals surface area contributed by atoms with Crippen molar-refractivity contribution in [3.05, 3.63) is 180 Å². The van der Waals surface area contributed by atoms with E-state index >= 15 is 0 Å². The number of benzene rings is 4. The van der Waals surface area contributed by atoms with Crippen molar-refractivity contribution in [2.75, 3.05) is 13.2 Å². The van der Waals surface area contributed by atoms with Gasteiger partial charge in [0.25, 0.3) is 0 Å². The molecule has 4 aromatic carbocycles. The molecule has 0 radical (unpaired) electrons. The van der Waals surface area contributed by atoms with Gasteiger partial charge in [-0.05, 0) is 13.8 Å². The van der Waals surface area contributed by atoms with E-state index in [4.69, 9.17) is 10.2 Å². The van der Waals surface area contributed by atoms with Gasteiger partial charge in [-0.15, -0.1) is 0 Å². The van der Waals surface area contributed by atoms with Crippen molar-refractivity contribution in [1.82, 2.24) is 19.9 Å². The number of ketones is 2. The van der Waals surface area contributed by atoms with Crippen LogP contribution in [0.2, 0.25) is 0 Å². The molecule has 0 saturated heterocycles. The number of aromatic carboxylic acids is 2. The Morgan fingerprint density at radius 2 is 0.804 bits per heavy atom. The van der Waals surface area contributed by atoms with Crippen LogP contribution in [0.4, 0.5) is 0 Å². The number of rotatable bonds is 6. The number of carboxylic acid groups (broad SMARTS) is 2. The fourth-order valence-electron chi connectivity index (χ4n) is 3.64. The smallest absolute Gasteiger partial charge is 0.545 e. The van der Waals surface area contributed by atoms with Crippen LogP contribution in [0.1, 0.15) is 66.4 Å². The molecule has 0 aliphatic rings. The summed E-state index contributed by atoms with van der Waals surface area (Å²) in [5.74, 6) is -3.31. The van der Waals surface area contributed by atoms with Crippen LogP contribution in [0.3, 0.4) is 0 Å². The van der Waals surface area contributed by atoms with Crippen molar-refractivity contribution in [1.29, 1.82) is 0 Å². The molecule has 4 N–H and O–H groups in total. The molecule has 12 nitrogen and oxygen atoms in total. The van der Waals surface area contributed by atoms with Gasteiger partial charge in [0.1, 0.15) is 0 Å². The van der Waals surface area contributed by atoms with Gasteiger partial charge in [0.05, 0.1) is 24.6 Å². The molecular formula is C38H38N4NiO8. The van der Waals surface area contributed by atoms with Crippen LogP contribution in [0.5, 0.6) is 0 Å². The standard InChI is InChI=1S/2C14H10O3.2C3H4N2.2C2H6O.Ni/c2*15-13(10-6-2-1-3-7-10)11-8-4-5-9-12(11)14(16)17;2*1-2-5-3-4-1;2*1-2-3;/h2*1-9H,(H,16,17);2*1-3H,(H,4,5);2*3H,2H2,1H3;/q;;;;;;+2/p-2. The normalized spacial score (nSPS) is 8.86. The predicted molar refractivity (Wildman–Crippen MR) is 184 cm³/mol. The van der Waals surface area contributed by atoms with Gasteiger partial charge in [0, 0.05) is 71.4 Å². The van der Waals surface area contributed by atoms with Crippen LogP contribution in [0, 0.1) is 0 Å². The van der Waals surface area contributed by atoms with Gasteiger partial charge in [-0.25, -0.2) is 9.97 Å². The number of nitrogens with zero attached hydrogens (tertiary/aromatic N) is 2. The van der Waals surface area contributed by atoms with E-state index in [1.165, 1.54) is 24.3 Å². The molecule has 0 unspecified atom stereocenters. The summed E-state index contributed by atoms with van der Waals surface area (Å²) in [7, 11) is 0. The van der Waals surface area contributed by atoms with Crippen molar-refractivity contribution in [2.24, 2.45) is 0 Å². The molecule has 268 valence electrons. The Bertz CT molecular complexity index is 1620. The predicted octanol–water partition coefficient (Wildman–Crippen LogP) is 3.38. The zero-order chi connectivity index (χ0) is 37.0. The molecule has 0 atom stereocenters. The minimum atomic E-state index is -1.34. The van der Waals surface area contributed by atoms with E-state index in [1.807, 2.05) is 0 Å². The minimum Gasteiger partial charge on any atom is -0.545 e. The quantitative estimate of drug-likeness (QED) is 0.145. The summed E-state index contributed by atoms with van der Waals surface area (Å²) in [6.07, 6.45) is 10.2. The van der Waals surface area contributed by atoms with E-state index in [-0.39, 0.29) is 63.5 Å². The molecule has 51 heavy (non-hydrogen) atoms. The number of imidazole rings is 2. The number of aromatic nitrogens is 4. The number of H-pyrrole nitrogens is 2. The number of carbonyl (C=O) groups is 4.